The first-order valence-corrected chi connectivity index (χ1v) is 5.98. The zero-order valence-electron chi connectivity index (χ0n) is 10.8. The van der Waals surface area contributed by atoms with Gasteiger partial charge in [-0.3, -0.25) is 0 Å². The maximum absolute atomic E-state index is 13.1. The molecule has 1 aromatic carbocycles. The third kappa shape index (κ3) is 2.34. The average molecular weight is 308 g/mol. The molecule has 0 amide bonds. The molecule has 0 atom stereocenters. The first-order valence-electron chi connectivity index (χ1n) is 5.98. The largest absolute Gasteiger partial charge is 0.437 e. The SMILES string of the molecule is O=C(n1ccnn1)n1nnc(C(F)(F)F)c1-c1ccccc1. The number of halogens is 3. The van der Waals surface area contributed by atoms with E-state index in [0.29, 0.717) is 4.68 Å². The molecule has 7 nitrogen and oxygen atoms in total. The number of hydrogen-bond donors (Lipinski definition) is 0. The Labute approximate surface area is 121 Å². The molecule has 0 aliphatic carbocycles. The van der Waals surface area contributed by atoms with Gasteiger partial charge < -0.3 is 0 Å². The predicted molar refractivity (Wildman–Crippen MR) is 66.7 cm³/mol. The molecule has 2 aromatic heterocycles. The van der Waals surface area contributed by atoms with Crippen molar-refractivity contribution in [2.75, 3.05) is 0 Å². The molecular formula is C12H7F3N6O. The van der Waals surface area contributed by atoms with Crippen LogP contribution in [0.4, 0.5) is 18.0 Å². The minimum Gasteiger partial charge on any atom is -0.243 e. The first-order chi connectivity index (χ1) is 10.5. The van der Waals surface area contributed by atoms with Crippen molar-refractivity contribution >= 4 is 6.03 Å². The zero-order valence-corrected chi connectivity index (χ0v) is 10.8. The van der Waals surface area contributed by atoms with Crippen LogP contribution in [0.2, 0.25) is 0 Å². The van der Waals surface area contributed by atoms with Crippen LogP contribution >= 0.6 is 0 Å². The van der Waals surface area contributed by atoms with Gasteiger partial charge in [0.15, 0.2) is 5.69 Å². The van der Waals surface area contributed by atoms with Gasteiger partial charge in [0.1, 0.15) is 5.69 Å². The fraction of sp³-hybridized carbons (Fsp3) is 0.0833. The van der Waals surface area contributed by atoms with E-state index in [1.807, 2.05) is 0 Å². The van der Waals surface area contributed by atoms with Crippen molar-refractivity contribution in [3.8, 4) is 11.3 Å². The van der Waals surface area contributed by atoms with E-state index in [2.05, 4.69) is 20.6 Å². The van der Waals surface area contributed by atoms with Crippen LogP contribution in [0.15, 0.2) is 42.7 Å². The van der Waals surface area contributed by atoms with E-state index in [-0.39, 0.29) is 5.56 Å². The van der Waals surface area contributed by atoms with Gasteiger partial charge in [-0.05, 0) is 0 Å². The van der Waals surface area contributed by atoms with Crippen LogP contribution in [0, 0.1) is 0 Å². The number of nitrogens with zero attached hydrogens (tertiary/aromatic N) is 6. The van der Waals surface area contributed by atoms with Gasteiger partial charge in [-0.25, -0.2) is 4.79 Å². The highest BCUT2D eigenvalue weighted by Crippen LogP contribution is 2.35. The van der Waals surface area contributed by atoms with Gasteiger partial charge in [0, 0.05) is 5.56 Å². The smallest absolute Gasteiger partial charge is 0.243 e. The topological polar surface area (TPSA) is 78.5 Å². The lowest BCUT2D eigenvalue weighted by atomic mass is 10.1. The quantitative estimate of drug-likeness (QED) is 0.687. The second-order valence-electron chi connectivity index (χ2n) is 4.19. The summed E-state index contributed by atoms with van der Waals surface area (Å²) < 4.78 is 40.6. The minimum atomic E-state index is -4.74. The van der Waals surface area contributed by atoms with Crippen LogP contribution < -0.4 is 0 Å². The summed E-state index contributed by atoms with van der Waals surface area (Å²) in [6.07, 6.45) is -2.32. The third-order valence-corrected chi connectivity index (χ3v) is 2.79. The number of carbonyl (C=O) groups is 1. The van der Waals surface area contributed by atoms with Gasteiger partial charge in [0.25, 0.3) is 0 Å². The molecule has 3 rings (SSSR count). The van der Waals surface area contributed by atoms with Gasteiger partial charge in [-0.15, -0.1) is 10.2 Å². The van der Waals surface area contributed by atoms with Crippen LogP contribution in [0.3, 0.4) is 0 Å². The molecule has 0 fully saturated rings. The van der Waals surface area contributed by atoms with Crippen LogP contribution in [-0.4, -0.2) is 36.0 Å². The van der Waals surface area contributed by atoms with Crippen LogP contribution in [-0.2, 0) is 6.18 Å². The maximum atomic E-state index is 13.1. The molecule has 0 bridgehead atoms. The van der Waals surface area contributed by atoms with Crippen LogP contribution in [0.25, 0.3) is 11.3 Å². The lowest BCUT2D eigenvalue weighted by Gasteiger charge is -2.08. The van der Waals surface area contributed by atoms with Crippen LogP contribution in [0.5, 0.6) is 0 Å². The van der Waals surface area contributed by atoms with E-state index in [9.17, 15) is 18.0 Å². The molecule has 0 N–H and O–H groups in total. The summed E-state index contributed by atoms with van der Waals surface area (Å²) in [5, 5.41) is 13.3. The molecule has 22 heavy (non-hydrogen) atoms. The average Bonchev–Trinajstić information content (AvgIpc) is 3.16. The number of carbonyl (C=O) groups excluding carboxylic acids is 1. The second-order valence-corrected chi connectivity index (χ2v) is 4.19. The molecule has 0 unspecified atom stereocenters. The Morgan fingerprint density at radius 3 is 2.41 bits per heavy atom. The Bertz CT molecular complexity index is 794. The van der Waals surface area contributed by atoms with E-state index in [1.54, 1.807) is 18.2 Å². The molecule has 0 saturated carbocycles. The fourth-order valence-electron chi connectivity index (χ4n) is 1.87. The second kappa shape index (κ2) is 5.06. The Morgan fingerprint density at radius 2 is 1.82 bits per heavy atom. The molecule has 0 aliphatic heterocycles. The van der Waals surface area contributed by atoms with Crippen molar-refractivity contribution in [3.05, 3.63) is 48.4 Å². The first kappa shape index (κ1) is 13.9. The number of aromatic nitrogens is 6. The van der Waals surface area contributed by atoms with Gasteiger partial charge in [0.2, 0.25) is 0 Å². The monoisotopic (exact) mass is 308 g/mol. The van der Waals surface area contributed by atoms with Gasteiger partial charge in [0.05, 0.1) is 12.4 Å². The highest BCUT2D eigenvalue weighted by atomic mass is 19.4. The van der Waals surface area contributed by atoms with Crippen molar-refractivity contribution < 1.29 is 18.0 Å². The lowest BCUT2D eigenvalue weighted by Crippen LogP contribution is -2.22. The van der Waals surface area contributed by atoms with Gasteiger partial charge in [-0.2, -0.15) is 22.5 Å². The molecule has 0 radical (unpaired) electrons. The highest BCUT2D eigenvalue weighted by molar-refractivity contribution is 5.83. The van der Waals surface area contributed by atoms with Crippen molar-refractivity contribution in [3.63, 3.8) is 0 Å². The summed E-state index contributed by atoms with van der Waals surface area (Å²) in [7, 11) is 0. The maximum Gasteiger partial charge on any atom is 0.437 e. The number of rotatable bonds is 1. The molecule has 112 valence electrons. The fourth-order valence-corrected chi connectivity index (χ4v) is 1.87. The van der Waals surface area contributed by atoms with Crippen molar-refractivity contribution in [2.45, 2.75) is 6.18 Å². The normalized spacial score (nSPS) is 11.6. The lowest BCUT2D eigenvalue weighted by molar-refractivity contribution is -0.140. The molecule has 0 saturated heterocycles. The summed E-state index contributed by atoms with van der Waals surface area (Å²) in [6.45, 7) is 0. The third-order valence-electron chi connectivity index (χ3n) is 2.79. The summed E-state index contributed by atoms with van der Waals surface area (Å²) in [4.78, 5) is 12.2. The number of hydrogen-bond acceptors (Lipinski definition) is 5. The molecule has 10 heteroatoms. The number of alkyl halides is 3. The summed E-state index contributed by atoms with van der Waals surface area (Å²) >= 11 is 0. The van der Waals surface area contributed by atoms with Crippen molar-refractivity contribution in [1.82, 2.24) is 30.0 Å². The Kier molecular flexibility index (Phi) is 3.20. The Balaban J connectivity index is 2.20. The van der Waals surface area contributed by atoms with E-state index < -0.39 is 23.6 Å². The standard InChI is InChI=1S/C12H7F3N6O/c13-12(14,15)10-9(8-4-2-1-3-5-8)21(19-17-10)11(22)20-7-6-16-18-20/h1-7H. The highest BCUT2D eigenvalue weighted by Gasteiger charge is 2.40. The van der Waals surface area contributed by atoms with E-state index in [0.717, 1.165) is 4.68 Å². The summed E-state index contributed by atoms with van der Waals surface area (Å²) in [6, 6.07) is 6.68. The molecule has 0 spiro atoms. The molecule has 0 aliphatic rings. The predicted octanol–water partition coefficient (Wildman–Crippen LogP) is 2.07. The minimum absolute atomic E-state index is 0.160. The summed E-state index contributed by atoms with van der Waals surface area (Å²) in [5.41, 5.74) is -1.53. The zero-order chi connectivity index (χ0) is 15.7. The Hall–Kier alpha value is -3.04. The number of benzene rings is 1. The molecular weight excluding hydrogens is 301 g/mol. The van der Waals surface area contributed by atoms with Crippen molar-refractivity contribution in [2.24, 2.45) is 0 Å². The molecule has 2 heterocycles. The Morgan fingerprint density at radius 1 is 1.09 bits per heavy atom. The van der Waals surface area contributed by atoms with Crippen molar-refractivity contribution in [1.29, 1.82) is 0 Å². The van der Waals surface area contributed by atoms with E-state index in [1.165, 1.54) is 24.5 Å². The molecule has 3 aromatic rings. The van der Waals surface area contributed by atoms with Gasteiger partial charge >= 0.3 is 12.2 Å². The van der Waals surface area contributed by atoms with Gasteiger partial charge in [-0.1, -0.05) is 40.8 Å². The summed E-state index contributed by atoms with van der Waals surface area (Å²) in [5.74, 6) is 0. The van der Waals surface area contributed by atoms with E-state index >= 15 is 0 Å². The van der Waals surface area contributed by atoms with E-state index in [4.69, 9.17) is 0 Å². The van der Waals surface area contributed by atoms with Crippen LogP contribution in [0.1, 0.15) is 5.69 Å².